The van der Waals surface area contributed by atoms with E-state index in [0.717, 1.165) is 11.3 Å². The van der Waals surface area contributed by atoms with E-state index in [-0.39, 0.29) is 24.2 Å². The van der Waals surface area contributed by atoms with Gasteiger partial charge in [-0.2, -0.15) is 0 Å². The second kappa shape index (κ2) is 7.26. The number of fused-ring (bicyclic) bond motifs is 1. The Morgan fingerprint density at radius 2 is 2.07 bits per heavy atom. The molecule has 29 heavy (non-hydrogen) atoms. The van der Waals surface area contributed by atoms with Crippen LogP contribution < -0.4 is 0 Å². The molecule has 2 saturated heterocycles. The molecule has 2 fully saturated rings. The van der Waals surface area contributed by atoms with Gasteiger partial charge in [-0.1, -0.05) is 32.0 Å². The number of hydrogen-bond donors (Lipinski definition) is 1. The fraction of sp³-hybridized carbons (Fsp3) is 0.524. The number of aryl methyl sites for hydroxylation is 1. The molecular formula is C21H26N4O4. The van der Waals surface area contributed by atoms with Crippen LogP contribution in [0.25, 0.3) is 5.69 Å². The quantitative estimate of drug-likeness (QED) is 0.848. The smallest absolute Gasteiger partial charge is 0.311 e. The van der Waals surface area contributed by atoms with E-state index in [1.54, 1.807) is 9.58 Å². The average molecular weight is 398 g/mol. The van der Waals surface area contributed by atoms with Crippen LogP contribution in [0.1, 0.15) is 48.2 Å². The first-order chi connectivity index (χ1) is 13.8. The molecule has 2 aliphatic rings. The zero-order chi connectivity index (χ0) is 20.8. The summed E-state index contributed by atoms with van der Waals surface area (Å²) in [7, 11) is 0. The summed E-state index contributed by atoms with van der Waals surface area (Å²) in [5.41, 5.74) is 1.08. The van der Waals surface area contributed by atoms with Crippen LogP contribution in [0.3, 0.4) is 0 Å². The first-order valence-electron chi connectivity index (χ1n) is 9.97. The lowest BCUT2D eigenvalue weighted by Gasteiger charge is -2.33. The Bertz CT molecular complexity index is 954. The normalized spacial score (nSPS) is 24.0. The summed E-state index contributed by atoms with van der Waals surface area (Å²) in [6, 6.07) is 7.93. The molecule has 0 spiro atoms. The van der Waals surface area contributed by atoms with Crippen molar-refractivity contribution in [1.29, 1.82) is 0 Å². The van der Waals surface area contributed by atoms with Gasteiger partial charge in [0.2, 0.25) is 5.82 Å². The number of aliphatic carboxylic acids is 1. The lowest BCUT2D eigenvalue weighted by molar-refractivity contribution is -0.157. The number of carboxylic acids is 1. The monoisotopic (exact) mass is 398 g/mol. The topological polar surface area (TPSA) is 97.6 Å². The molecule has 0 aliphatic carbocycles. The number of benzene rings is 1. The van der Waals surface area contributed by atoms with Gasteiger partial charge in [0, 0.05) is 25.6 Å². The zero-order valence-electron chi connectivity index (χ0n) is 17.0. The molecule has 1 amide bonds. The van der Waals surface area contributed by atoms with Crippen molar-refractivity contribution >= 4 is 11.9 Å². The van der Waals surface area contributed by atoms with E-state index in [1.165, 1.54) is 0 Å². The van der Waals surface area contributed by atoms with E-state index in [4.69, 9.17) is 4.74 Å². The predicted molar refractivity (Wildman–Crippen MR) is 105 cm³/mol. The van der Waals surface area contributed by atoms with E-state index in [0.29, 0.717) is 37.9 Å². The van der Waals surface area contributed by atoms with Crippen LogP contribution >= 0.6 is 0 Å². The van der Waals surface area contributed by atoms with Crippen molar-refractivity contribution in [2.24, 2.45) is 11.3 Å². The number of nitrogens with zero attached hydrogens (tertiary/aromatic N) is 4. The van der Waals surface area contributed by atoms with Crippen LogP contribution in [-0.2, 0) is 9.53 Å². The Balaban J connectivity index is 1.63. The summed E-state index contributed by atoms with van der Waals surface area (Å²) in [6.07, 6.45) is 0.416. The predicted octanol–water partition coefficient (Wildman–Crippen LogP) is 2.26. The van der Waals surface area contributed by atoms with Crippen molar-refractivity contribution in [3.05, 3.63) is 41.5 Å². The lowest BCUT2D eigenvalue weighted by Crippen LogP contribution is -2.45. The van der Waals surface area contributed by atoms with Gasteiger partial charge in [-0.25, -0.2) is 9.67 Å². The summed E-state index contributed by atoms with van der Waals surface area (Å²) < 4.78 is 7.17. The molecule has 2 aliphatic heterocycles. The Morgan fingerprint density at radius 1 is 1.31 bits per heavy atom. The van der Waals surface area contributed by atoms with Crippen molar-refractivity contribution in [2.75, 3.05) is 26.3 Å². The number of carboxylic acid groups (broad SMARTS) is 1. The minimum absolute atomic E-state index is 0.0983. The molecule has 1 aromatic carbocycles. The Morgan fingerprint density at radius 3 is 2.76 bits per heavy atom. The third kappa shape index (κ3) is 3.21. The van der Waals surface area contributed by atoms with Gasteiger partial charge in [-0.3, -0.25) is 9.59 Å². The fourth-order valence-corrected chi connectivity index (χ4v) is 4.47. The number of hydrogen-bond acceptors (Lipinski definition) is 5. The van der Waals surface area contributed by atoms with Crippen LogP contribution in [0.2, 0.25) is 0 Å². The van der Waals surface area contributed by atoms with Gasteiger partial charge in [-0.15, -0.1) is 5.10 Å². The molecule has 0 saturated carbocycles. The standard InChI is InChI=1S/C21H26N4O4/c1-13(2)16-6-4-5-7-17(16)25-14(3)22-18(23-25)19(26)24-10-15-11-29-9-8-21(15,12-24)20(27)28/h4-7,13,15H,8-12H2,1-3H3,(H,27,28)/t15-,21+/m0/s1. The molecule has 2 aromatic rings. The minimum atomic E-state index is -0.935. The van der Waals surface area contributed by atoms with E-state index in [2.05, 4.69) is 23.9 Å². The van der Waals surface area contributed by atoms with Crippen LogP contribution in [0, 0.1) is 18.3 Å². The third-order valence-corrected chi connectivity index (χ3v) is 6.17. The van der Waals surface area contributed by atoms with Crippen molar-refractivity contribution < 1.29 is 19.4 Å². The lowest BCUT2D eigenvalue weighted by atomic mass is 9.74. The molecular weight excluding hydrogens is 372 g/mol. The Hall–Kier alpha value is -2.74. The largest absolute Gasteiger partial charge is 0.481 e. The highest BCUT2D eigenvalue weighted by atomic mass is 16.5. The Kier molecular flexibility index (Phi) is 4.90. The SMILES string of the molecule is Cc1nc(C(=O)N2C[C@H]3COCC[C@@]3(C(=O)O)C2)nn1-c1ccccc1C(C)C. The number of rotatable bonds is 4. The van der Waals surface area contributed by atoms with E-state index in [1.807, 2.05) is 31.2 Å². The minimum Gasteiger partial charge on any atom is -0.481 e. The number of likely N-dealkylation sites (tertiary alicyclic amines) is 1. The first-order valence-corrected chi connectivity index (χ1v) is 9.97. The molecule has 154 valence electrons. The van der Waals surface area contributed by atoms with Gasteiger partial charge < -0.3 is 14.7 Å². The molecule has 8 heteroatoms. The molecule has 0 bridgehead atoms. The maximum atomic E-state index is 13.1. The van der Waals surface area contributed by atoms with Crippen molar-refractivity contribution in [3.8, 4) is 5.69 Å². The molecule has 3 heterocycles. The maximum Gasteiger partial charge on any atom is 0.311 e. The van der Waals surface area contributed by atoms with E-state index in [9.17, 15) is 14.7 Å². The second-order valence-electron chi connectivity index (χ2n) is 8.28. The van der Waals surface area contributed by atoms with Gasteiger partial charge >= 0.3 is 5.97 Å². The molecule has 0 unspecified atom stereocenters. The summed E-state index contributed by atoms with van der Waals surface area (Å²) in [4.78, 5) is 31.1. The summed E-state index contributed by atoms with van der Waals surface area (Å²) in [6.45, 7) is 7.32. The van der Waals surface area contributed by atoms with Crippen molar-refractivity contribution in [3.63, 3.8) is 0 Å². The summed E-state index contributed by atoms with van der Waals surface area (Å²) >= 11 is 0. The molecule has 1 aromatic heterocycles. The molecule has 2 atom stereocenters. The average Bonchev–Trinajstić information content (AvgIpc) is 3.29. The van der Waals surface area contributed by atoms with Crippen LogP contribution in [0.15, 0.2) is 24.3 Å². The maximum absolute atomic E-state index is 13.1. The van der Waals surface area contributed by atoms with Gasteiger partial charge in [0.15, 0.2) is 0 Å². The van der Waals surface area contributed by atoms with E-state index < -0.39 is 11.4 Å². The molecule has 1 N–H and O–H groups in total. The summed E-state index contributed by atoms with van der Waals surface area (Å²) in [5, 5.41) is 14.3. The Labute approximate surface area is 169 Å². The number of carbonyl (C=O) groups excluding carboxylic acids is 1. The number of aromatic nitrogens is 3. The molecule has 4 rings (SSSR count). The van der Waals surface area contributed by atoms with Crippen LogP contribution in [-0.4, -0.2) is 63.0 Å². The number of ether oxygens (including phenoxy) is 1. The van der Waals surface area contributed by atoms with Crippen LogP contribution in [0.4, 0.5) is 0 Å². The second-order valence-corrected chi connectivity index (χ2v) is 8.28. The zero-order valence-corrected chi connectivity index (χ0v) is 17.0. The van der Waals surface area contributed by atoms with Crippen LogP contribution in [0.5, 0.6) is 0 Å². The first kappa shape index (κ1) is 19.6. The third-order valence-electron chi connectivity index (χ3n) is 6.17. The fourth-order valence-electron chi connectivity index (χ4n) is 4.47. The number of para-hydroxylation sites is 1. The number of carbonyl (C=O) groups is 2. The van der Waals surface area contributed by atoms with Gasteiger partial charge in [-0.05, 0) is 30.9 Å². The highest BCUT2D eigenvalue weighted by Gasteiger charge is 2.55. The summed E-state index contributed by atoms with van der Waals surface area (Å²) in [5.74, 6) is -0.380. The van der Waals surface area contributed by atoms with Crippen molar-refractivity contribution in [2.45, 2.75) is 33.1 Å². The van der Waals surface area contributed by atoms with Gasteiger partial charge in [0.25, 0.3) is 5.91 Å². The van der Waals surface area contributed by atoms with Gasteiger partial charge in [0.05, 0.1) is 17.7 Å². The highest BCUT2D eigenvalue weighted by molar-refractivity contribution is 5.91. The molecule has 8 nitrogen and oxygen atoms in total. The molecule has 0 radical (unpaired) electrons. The number of amides is 1. The van der Waals surface area contributed by atoms with Crippen molar-refractivity contribution in [1.82, 2.24) is 19.7 Å². The highest BCUT2D eigenvalue weighted by Crippen LogP contribution is 2.42. The van der Waals surface area contributed by atoms with Gasteiger partial charge in [0.1, 0.15) is 5.82 Å². The van der Waals surface area contributed by atoms with E-state index >= 15 is 0 Å².